The van der Waals surface area contributed by atoms with E-state index in [2.05, 4.69) is 10.6 Å². The zero-order valence-corrected chi connectivity index (χ0v) is 17.5. The monoisotopic (exact) mass is 462 g/mol. The summed E-state index contributed by atoms with van der Waals surface area (Å²) in [6, 6.07) is 16.9. The Bertz CT molecular complexity index is 1120. The first-order valence-corrected chi connectivity index (χ1v) is 9.81. The number of hydrogen-bond acceptors (Lipinski definition) is 3. The highest BCUT2D eigenvalue weighted by Gasteiger charge is 2.30. The lowest BCUT2D eigenvalue weighted by molar-refractivity contribution is -0.137. The highest BCUT2D eigenvalue weighted by atomic mass is 35.5. The van der Waals surface area contributed by atoms with Gasteiger partial charge in [-0.1, -0.05) is 23.7 Å². The van der Waals surface area contributed by atoms with E-state index in [1.54, 1.807) is 43.3 Å². The summed E-state index contributed by atoms with van der Waals surface area (Å²) < 4.78 is 44.1. The minimum absolute atomic E-state index is 0.00394. The Hall–Kier alpha value is -3.52. The Labute approximate surface area is 187 Å². The zero-order valence-electron chi connectivity index (χ0n) is 16.7. The van der Waals surface area contributed by atoms with Crippen molar-refractivity contribution in [1.29, 1.82) is 0 Å². The molecule has 0 heterocycles. The summed E-state index contributed by atoms with van der Waals surface area (Å²) in [6.45, 7) is 1.56. The molecule has 1 atom stereocenters. The van der Waals surface area contributed by atoms with Crippen molar-refractivity contribution in [2.24, 2.45) is 0 Å². The zero-order chi connectivity index (χ0) is 23.3. The van der Waals surface area contributed by atoms with Crippen LogP contribution in [-0.2, 0) is 11.0 Å². The van der Waals surface area contributed by atoms with Gasteiger partial charge in [0, 0.05) is 22.0 Å². The van der Waals surface area contributed by atoms with Gasteiger partial charge in [0.1, 0.15) is 5.75 Å². The van der Waals surface area contributed by atoms with Crippen LogP contribution in [0.2, 0.25) is 5.02 Å². The Morgan fingerprint density at radius 2 is 1.53 bits per heavy atom. The molecule has 0 aromatic heterocycles. The molecule has 166 valence electrons. The van der Waals surface area contributed by atoms with Crippen LogP contribution in [0.1, 0.15) is 22.8 Å². The van der Waals surface area contributed by atoms with E-state index in [9.17, 15) is 22.8 Å². The molecule has 0 aliphatic rings. The average Bonchev–Trinajstić information content (AvgIpc) is 2.75. The van der Waals surface area contributed by atoms with Gasteiger partial charge < -0.3 is 15.4 Å². The quantitative estimate of drug-likeness (QED) is 0.471. The molecule has 0 aliphatic heterocycles. The fourth-order valence-electron chi connectivity index (χ4n) is 2.73. The highest BCUT2D eigenvalue weighted by Crippen LogP contribution is 2.30. The summed E-state index contributed by atoms with van der Waals surface area (Å²) >= 11 is 5.82. The van der Waals surface area contributed by atoms with Gasteiger partial charge in [-0.2, -0.15) is 13.2 Å². The molecule has 0 fully saturated rings. The van der Waals surface area contributed by atoms with Gasteiger partial charge in [0.2, 0.25) is 0 Å². The Kier molecular flexibility index (Phi) is 7.05. The lowest BCUT2D eigenvalue weighted by Crippen LogP contribution is -2.30. The molecule has 2 amide bonds. The van der Waals surface area contributed by atoms with E-state index in [0.717, 1.165) is 12.1 Å². The first-order chi connectivity index (χ1) is 15.1. The lowest BCUT2D eigenvalue weighted by Gasteiger charge is -2.15. The number of halogens is 4. The lowest BCUT2D eigenvalue weighted by atomic mass is 10.1. The van der Waals surface area contributed by atoms with E-state index in [0.29, 0.717) is 16.5 Å². The summed E-state index contributed by atoms with van der Waals surface area (Å²) in [4.78, 5) is 24.9. The van der Waals surface area contributed by atoms with Gasteiger partial charge in [-0.15, -0.1) is 0 Å². The maximum absolute atomic E-state index is 12.9. The summed E-state index contributed by atoms with van der Waals surface area (Å²) in [5.41, 5.74) is -0.375. The third-order valence-corrected chi connectivity index (χ3v) is 4.59. The molecular formula is C23H18ClF3N2O3. The van der Waals surface area contributed by atoms with Crippen LogP contribution >= 0.6 is 11.6 Å². The predicted octanol–water partition coefficient (Wildman–Crippen LogP) is 6.02. The summed E-state index contributed by atoms with van der Waals surface area (Å²) in [5.74, 6) is -0.604. The van der Waals surface area contributed by atoms with E-state index >= 15 is 0 Å². The van der Waals surface area contributed by atoms with Crippen molar-refractivity contribution in [1.82, 2.24) is 0 Å². The maximum atomic E-state index is 12.9. The van der Waals surface area contributed by atoms with Crippen molar-refractivity contribution in [3.05, 3.63) is 88.9 Å². The number of nitrogens with one attached hydrogen (secondary N) is 2. The van der Waals surface area contributed by atoms with Crippen LogP contribution in [0.25, 0.3) is 0 Å². The van der Waals surface area contributed by atoms with Gasteiger partial charge in [0.15, 0.2) is 6.10 Å². The number of amides is 2. The fourth-order valence-corrected chi connectivity index (χ4v) is 2.86. The molecule has 5 nitrogen and oxygen atoms in total. The number of anilines is 2. The minimum atomic E-state index is -4.52. The second kappa shape index (κ2) is 9.74. The van der Waals surface area contributed by atoms with Crippen LogP contribution < -0.4 is 15.4 Å². The molecule has 2 N–H and O–H groups in total. The smallest absolute Gasteiger partial charge is 0.416 e. The second-order valence-corrected chi connectivity index (χ2v) is 7.25. The van der Waals surface area contributed by atoms with Crippen LogP contribution in [0.5, 0.6) is 5.75 Å². The summed E-state index contributed by atoms with van der Waals surface area (Å²) in [6.07, 6.45) is -5.35. The number of carbonyl (C=O) groups excluding carboxylic acids is 2. The first kappa shape index (κ1) is 23.1. The minimum Gasteiger partial charge on any atom is -0.481 e. The van der Waals surface area contributed by atoms with Crippen molar-refractivity contribution in [2.45, 2.75) is 19.2 Å². The van der Waals surface area contributed by atoms with Gasteiger partial charge in [-0.05, 0) is 67.6 Å². The molecule has 0 saturated heterocycles. The van der Waals surface area contributed by atoms with Crippen LogP contribution in [0, 0.1) is 0 Å². The van der Waals surface area contributed by atoms with Gasteiger partial charge in [0.25, 0.3) is 11.8 Å². The van der Waals surface area contributed by atoms with Gasteiger partial charge in [-0.25, -0.2) is 0 Å². The Balaban J connectivity index is 1.65. The average molecular weight is 463 g/mol. The Morgan fingerprint density at radius 3 is 2.19 bits per heavy atom. The number of benzene rings is 3. The van der Waals surface area contributed by atoms with Crippen LogP contribution in [0.4, 0.5) is 24.5 Å². The molecule has 0 spiro atoms. The molecule has 3 aromatic rings. The predicted molar refractivity (Wildman–Crippen MR) is 116 cm³/mol. The molecule has 32 heavy (non-hydrogen) atoms. The largest absolute Gasteiger partial charge is 0.481 e. The van der Waals surface area contributed by atoms with Crippen molar-refractivity contribution in [3.8, 4) is 5.75 Å². The molecule has 0 radical (unpaired) electrons. The topological polar surface area (TPSA) is 67.4 Å². The second-order valence-electron chi connectivity index (χ2n) is 6.82. The molecule has 0 aliphatic carbocycles. The Morgan fingerprint density at radius 1 is 0.906 bits per heavy atom. The number of hydrogen-bond donors (Lipinski definition) is 2. The molecule has 0 unspecified atom stereocenters. The molecule has 9 heteroatoms. The molecular weight excluding hydrogens is 445 g/mol. The van der Waals surface area contributed by atoms with Crippen LogP contribution in [-0.4, -0.2) is 17.9 Å². The normalized spacial score (nSPS) is 12.0. The molecule has 0 bridgehead atoms. The maximum Gasteiger partial charge on any atom is 0.416 e. The van der Waals surface area contributed by atoms with Crippen molar-refractivity contribution >= 4 is 34.8 Å². The summed E-state index contributed by atoms with van der Waals surface area (Å²) in [5, 5.41) is 5.60. The van der Waals surface area contributed by atoms with Crippen molar-refractivity contribution in [2.75, 3.05) is 10.6 Å². The highest BCUT2D eigenvalue weighted by molar-refractivity contribution is 6.30. The van der Waals surface area contributed by atoms with Gasteiger partial charge in [0.05, 0.1) is 5.56 Å². The fraction of sp³-hybridized carbons (Fsp3) is 0.130. The SMILES string of the molecule is C[C@H](Oc1ccc(Cl)cc1)C(=O)Nc1cccc(C(=O)Nc2cccc(C(F)(F)F)c2)c1. The number of rotatable bonds is 6. The van der Waals surface area contributed by atoms with Gasteiger partial charge in [-0.3, -0.25) is 9.59 Å². The molecule has 0 saturated carbocycles. The molecule has 3 aromatic carbocycles. The van der Waals surface area contributed by atoms with E-state index in [-0.39, 0.29) is 11.3 Å². The van der Waals surface area contributed by atoms with Gasteiger partial charge >= 0.3 is 6.18 Å². The van der Waals surface area contributed by atoms with Crippen molar-refractivity contribution in [3.63, 3.8) is 0 Å². The van der Waals surface area contributed by atoms with Crippen LogP contribution in [0.3, 0.4) is 0 Å². The van der Waals surface area contributed by atoms with E-state index in [1.807, 2.05) is 0 Å². The van der Waals surface area contributed by atoms with E-state index < -0.39 is 29.7 Å². The number of alkyl halides is 3. The van der Waals surface area contributed by atoms with Crippen molar-refractivity contribution < 1.29 is 27.5 Å². The van der Waals surface area contributed by atoms with E-state index in [4.69, 9.17) is 16.3 Å². The first-order valence-electron chi connectivity index (χ1n) is 9.43. The summed E-state index contributed by atoms with van der Waals surface area (Å²) in [7, 11) is 0. The third kappa shape index (κ3) is 6.24. The number of carbonyl (C=O) groups is 2. The standard InChI is InChI=1S/C23H18ClF3N2O3/c1-14(32-20-10-8-17(24)9-11-20)21(30)28-18-6-2-4-15(12-18)22(31)29-19-7-3-5-16(13-19)23(25,26)27/h2-14H,1H3,(H,28,30)(H,29,31)/t14-/m0/s1. The van der Waals surface area contributed by atoms with Crippen LogP contribution in [0.15, 0.2) is 72.8 Å². The van der Waals surface area contributed by atoms with E-state index in [1.165, 1.54) is 24.3 Å². The molecule has 3 rings (SSSR count). The third-order valence-electron chi connectivity index (χ3n) is 4.34. The number of ether oxygens (including phenoxy) is 1.